The molecule has 1 aliphatic carbocycles. The quantitative estimate of drug-likeness (QED) is 0.691. The summed E-state index contributed by atoms with van der Waals surface area (Å²) in [5, 5.41) is 0. The van der Waals surface area contributed by atoms with E-state index in [4.69, 9.17) is 0 Å². The molecule has 0 saturated carbocycles. The van der Waals surface area contributed by atoms with Gasteiger partial charge in [0.25, 0.3) is 0 Å². The smallest absolute Gasteiger partial charge is 0.00126 e. The fraction of sp³-hybridized carbons (Fsp3) is 0.200. The molecule has 0 spiro atoms. The lowest BCUT2D eigenvalue weighted by Crippen LogP contribution is -2.07. The van der Waals surface area contributed by atoms with Crippen molar-refractivity contribution >= 4 is 0 Å². The van der Waals surface area contributed by atoms with Gasteiger partial charge >= 0.3 is 0 Å². The molecule has 20 heavy (non-hydrogen) atoms. The molecule has 1 aliphatic rings. The molecular formula is C20H20. The summed E-state index contributed by atoms with van der Waals surface area (Å²) in [5.41, 5.74) is 2.82. The number of hydrogen-bond donors (Lipinski definition) is 0. The lowest BCUT2D eigenvalue weighted by Gasteiger charge is -2.17. The highest BCUT2D eigenvalue weighted by molar-refractivity contribution is 5.24. The van der Waals surface area contributed by atoms with Crippen LogP contribution < -0.4 is 0 Å². The van der Waals surface area contributed by atoms with Crippen molar-refractivity contribution in [2.45, 2.75) is 12.8 Å². The zero-order chi connectivity index (χ0) is 13.6. The summed E-state index contributed by atoms with van der Waals surface area (Å²) in [4.78, 5) is 0. The van der Waals surface area contributed by atoms with Crippen molar-refractivity contribution in [1.29, 1.82) is 0 Å². The van der Waals surface area contributed by atoms with Crippen LogP contribution in [0.4, 0.5) is 0 Å². The standard InChI is InChI=1S/C20H20/c1-3-7-17(8-4-1)15-19-11-13-20(14-12-19)16-18-9-5-2-6-10-18/h1-14,19-20H,15-16H2. The van der Waals surface area contributed by atoms with Crippen LogP contribution in [0, 0.1) is 11.8 Å². The molecule has 2 aromatic rings. The van der Waals surface area contributed by atoms with Crippen molar-refractivity contribution < 1.29 is 0 Å². The summed E-state index contributed by atoms with van der Waals surface area (Å²) < 4.78 is 0. The fourth-order valence-corrected chi connectivity index (χ4v) is 2.74. The monoisotopic (exact) mass is 260 g/mol. The molecule has 2 aromatic carbocycles. The van der Waals surface area contributed by atoms with Gasteiger partial charge in [0.1, 0.15) is 0 Å². The highest BCUT2D eigenvalue weighted by Gasteiger charge is 2.10. The molecule has 0 aromatic heterocycles. The van der Waals surface area contributed by atoms with Crippen LogP contribution in [-0.4, -0.2) is 0 Å². The van der Waals surface area contributed by atoms with Crippen LogP contribution in [0.3, 0.4) is 0 Å². The van der Waals surface area contributed by atoms with E-state index >= 15 is 0 Å². The highest BCUT2D eigenvalue weighted by atomic mass is 14.2. The van der Waals surface area contributed by atoms with E-state index in [2.05, 4.69) is 85.0 Å². The number of benzene rings is 2. The van der Waals surface area contributed by atoms with Crippen LogP contribution in [0.25, 0.3) is 0 Å². The molecule has 0 aliphatic heterocycles. The van der Waals surface area contributed by atoms with E-state index in [-0.39, 0.29) is 0 Å². The van der Waals surface area contributed by atoms with Gasteiger partial charge < -0.3 is 0 Å². The van der Waals surface area contributed by atoms with Gasteiger partial charge in [-0.15, -0.1) is 0 Å². The lowest BCUT2D eigenvalue weighted by atomic mass is 9.88. The summed E-state index contributed by atoms with van der Waals surface area (Å²) in [6, 6.07) is 21.4. The molecule has 100 valence electrons. The molecule has 0 N–H and O–H groups in total. The third kappa shape index (κ3) is 3.48. The molecule has 0 saturated heterocycles. The van der Waals surface area contributed by atoms with E-state index in [1.165, 1.54) is 11.1 Å². The van der Waals surface area contributed by atoms with E-state index in [0.29, 0.717) is 11.8 Å². The molecule has 0 fully saturated rings. The first-order valence-corrected chi connectivity index (χ1v) is 7.34. The van der Waals surface area contributed by atoms with Crippen LogP contribution in [0.15, 0.2) is 85.0 Å². The topological polar surface area (TPSA) is 0 Å². The number of allylic oxidation sites excluding steroid dienone is 4. The van der Waals surface area contributed by atoms with Gasteiger partial charge in [0.2, 0.25) is 0 Å². The molecule has 0 heteroatoms. The van der Waals surface area contributed by atoms with Crippen LogP contribution in [0.2, 0.25) is 0 Å². The second-order valence-corrected chi connectivity index (χ2v) is 5.48. The Morgan fingerprint density at radius 1 is 0.500 bits per heavy atom. The van der Waals surface area contributed by atoms with Crippen molar-refractivity contribution in [3.8, 4) is 0 Å². The Morgan fingerprint density at radius 3 is 1.20 bits per heavy atom. The van der Waals surface area contributed by atoms with Gasteiger partial charge in [0.05, 0.1) is 0 Å². The van der Waals surface area contributed by atoms with E-state index in [1.807, 2.05) is 0 Å². The Hall–Kier alpha value is -2.08. The van der Waals surface area contributed by atoms with Crippen LogP contribution in [0.1, 0.15) is 11.1 Å². The van der Waals surface area contributed by atoms with E-state index < -0.39 is 0 Å². The molecule has 0 bridgehead atoms. The minimum Gasteiger partial charge on any atom is -0.0807 e. The maximum absolute atomic E-state index is 2.36. The third-order valence-corrected chi connectivity index (χ3v) is 3.84. The van der Waals surface area contributed by atoms with Crippen molar-refractivity contribution in [3.63, 3.8) is 0 Å². The van der Waals surface area contributed by atoms with Crippen molar-refractivity contribution in [2.75, 3.05) is 0 Å². The first-order valence-electron chi connectivity index (χ1n) is 7.34. The van der Waals surface area contributed by atoms with Crippen LogP contribution >= 0.6 is 0 Å². The van der Waals surface area contributed by atoms with Gasteiger partial charge in [0.15, 0.2) is 0 Å². The maximum atomic E-state index is 2.36. The average molecular weight is 260 g/mol. The fourth-order valence-electron chi connectivity index (χ4n) is 2.74. The molecule has 0 unspecified atom stereocenters. The zero-order valence-corrected chi connectivity index (χ0v) is 11.7. The predicted molar refractivity (Wildman–Crippen MR) is 85.6 cm³/mol. The Bertz CT molecular complexity index is 510. The normalized spacial score (nSPS) is 21.0. The Morgan fingerprint density at radius 2 is 0.850 bits per heavy atom. The number of hydrogen-bond acceptors (Lipinski definition) is 0. The molecule has 0 radical (unpaired) electrons. The predicted octanol–water partition coefficient (Wildman–Crippen LogP) is 4.83. The van der Waals surface area contributed by atoms with E-state index in [9.17, 15) is 0 Å². The Balaban J connectivity index is 1.57. The summed E-state index contributed by atoms with van der Waals surface area (Å²) in [6.07, 6.45) is 11.7. The first-order chi connectivity index (χ1) is 9.90. The minimum absolute atomic E-state index is 0.546. The first kappa shape index (κ1) is 12.9. The molecule has 0 atom stereocenters. The summed E-state index contributed by atoms with van der Waals surface area (Å²) in [5.74, 6) is 1.09. The van der Waals surface area contributed by atoms with Gasteiger partial charge in [-0.05, 0) is 35.8 Å². The Kier molecular flexibility index (Phi) is 4.13. The van der Waals surface area contributed by atoms with Gasteiger partial charge in [-0.3, -0.25) is 0 Å². The largest absolute Gasteiger partial charge is 0.0807 e. The summed E-state index contributed by atoms with van der Waals surface area (Å²) in [6.45, 7) is 0. The van der Waals surface area contributed by atoms with E-state index in [1.54, 1.807) is 0 Å². The number of rotatable bonds is 4. The van der Waals surface area contributed by atoms with Crippen molar-refractivity contribution in [2.24, 2.45) is 11.8 Å². The van der Waals surface area contributed by atoms with Gasteiger partial charge in [0, 0.05) is 0 Å². The average Bonchev–Trinajstić information content (AvgIpc) is 2.51. The molecule has 0 heterocycles. The maximum Gasteiger partial charge on any atom is -0.00126 e. The van der Waals surface area contributed by atoms with Crippen LogP contribution in [-0.2, 0) is 12.8 Å². The molecule has 3 rings (SSSR count). The SMILES string of the molecule is C1=CC(Cc2ccccc2)C=CC1Cc1ccccc1. The zero-order valence-electron chi connectivity index (χ0n) is 11.7. The molecule has 0 nitrogen and oxygen atoms in total. The van der Waals surface area contributed by atoms with Crippen molar-refractivity contribution in [3.05, 3.63) is 96.1 Å². The second-order valence-electron chi connectivity index (χ2n) is 5.48. The molecular weight excluding hydrogens is 240 g/mol. The Labute approximate surface area is 121 Å². The summed E-state index contributed by atoms with van der Waals surface area (Å²) in [7, 11) is 0. The minimum atomic E-state index is 0.546. The van der Waals surface area contributed by atoms with Crippen molar-refractivity contribution in [1.82, 2.24) is 0 Å². The summed E-state index contributed by atoms with van der Waals surface area (Å²) >= 11 is 0. The van der Waals surface area contributed by atoms with Gasteiger partial charge in [-0.25, -0.2) is 0 Å². The van der Waals surface area contributed by atoms with Gasteiger partial charge in [-0.2, -0.15) is 0 Å². The second kappa shape index (κ2) is 6.38. The van der Waals surface area contributed by atoms with Crippen LogP contribution in [0.5, 0.6) is 0 Å². The lowest BCUT2D eigenvalue weighted by molar-refractivity contribution is 0.719. The highest BCUT2D eigenvalue weighted by Crippen LogP contribution is 2.21. The molecule has 0 amide bonds. The van der Waals surface area contributed by atoms with Gasteiger partial charge in [-0.1, -0.05) is 85.0 Å². The van der Waals surface area contributed by atoms with E-state index in [0.717, 1.165) is 12.8 Å². The third-order valence-electron chi connectivity index (χ3n) is 3.84.